The average Bonchev–Trinajstić information content (AvgIpc) is 3.18. The number of para-hydroxylation sites is 1. The summed E-state index contributed by atoms with van der Waals surface area (Å²) in [5.41, 5.74) is 1.38. The maximum atomic E-state index is 12.5. The smallest absolute Gasteiger partial charge is 0.271 e. The zero-order chi connectivity index (χ0) is 17.3. The summed E-state index contributed by atoms with van der Waals surface area (Å²) in [7, 11) is -3.67. The van der Waals surface area contributed by atoms with Gasteiger partial charge in [-0.3, -0.25) is 4.72 Å². The monoisotopic (exact) mass is 398 g/mol. The fraction of sp³-hybridized carbons (Fsp3) is 0.188. The minimum absolute atomic E-state index is 0.235. The van der Waals surface area contributed by atoms with Gasteiger partial charge in [0.2, 0.25) is 0 Å². The summed E-state index contributed by atoms with van der Waals surface area (Å²) in [6.45, 7) is 4.16. The van der Waals surface area contributed by atoms with Crippen LogP contribution >= 0.6 is 34.3 Å². The highest BCUT2D eigenvalue weighted by atomic mass is 35.5. The van der Waals surface area contributed by atoms with Gasteiger partial charge in [-0.15, -0.1) is 22.7 Å². The molecule has 8 heteroatoms. The zero-order valence-electron chi connectivity index (χ0n) is 13.0. The molecule has 0 aliphatic rings. The number of benzene rings is 1. The molecule has 4 nitrogen and oxygen atoms in total. The number of anilines is 1. The number of nitrogens with zero attached hydrogens (tertiary/aromatic N) is 1. The van der Waals surface area contributed by atoms with Gasteiger partial charge in [0.1, 0.15) is 9.22 Å². The van der Waals surface area contributed by atoms with Crippen LogP contribution < -0.4 is 4.72 Å². The lowest BCUT2D eigenvalue weighted by Gasteiger charge is -2.07. The second-order valence-electron chi connectivity index (χ2n) is 5.44. The van der Waals surface area contributed by atoms with E-state index in [9.17, 15) is 8.42 Å². The van der Waals surface area contributed by atoms with Gasteiger partial charge in [-0.2, -0.15) is 0 Å². The van der Waals surface area contributed by atoms with Crippen molar-refractivity contribution in [2.24, 2.45) is 0 Å². The maximum absolute atomic E-state index is 12.5. The van der Waals surface area contributed by atoms with Crippen molar-refractivity contribution >= 4 is 50.0 Å². The first-order valence-corrected chi connectivity index (χ1v) is 10.8. The van der Waals surface area contributed by atoms with Gasteiger partial charge < -0.3 is 0 Å². The van der Waals surface area contributed by atoms with Crippen molar-refractivity contribution < 1.29 is 8.42 Å². The van der Waals surface area contributed by atoms with Crippen molar-refractivity contribution in [1.82, 2.24) is 4.98 Å². The number of thiophene rings is 1. The van der Waals surface area contributed by atoms with Crippen LogP contribution in [0, 0.1) is 0 Å². The second kappa shape index (κ2) is 6.84. The van der Waals surface area contributed by atoms with Crippen molar-refractivity contribution in [2.45, 2.75) is 24.0 Å². The molecular weight excluding hydrogens is 384 g/mol. The summed E-state index contributed by atoms with van der Waals surface area (Å²) >= 11 is 8.74. The lowest BCUT2D eigenvalue weighted by molar-refractivity contribution is 0.603. The van der Waals surface area contributed by atoms with Crippen LogP contribution in [0.3, 0.4) is 0 Å². The summed E-state index contributed by atoms with van der Waals surface area (Å²) in [4.78, 5) is 5.41. The highest BCUT2D eigenvalue weighted by molar-refractivity contribution is 7.94. The highest BCUT2D eigenvalue weighted by Crippen LogP contribution is 2.35. The number of hydrogen-bond donors (Lipinski definition) is 1. The van der Waals surface area contributed by atoms with E-state index in [0.29, 0.717) is 16.6 Å². The summed E-state index contributed by atoms with van der Waals surface area (Å²) in [6, 6.07) is 10.1. The summed E-state index contributed by atoms with van der Waals surface area (Å²) < 4.78 is 27.8. The van der Waals surface area contributed by atoms with E-state index in [2.05, 4.69) is 23.6 Å². The molecule has 0 atom stereocenters. The van der Waals surface area contributed by atoms with Crippen molar-refractivity contribution in [3.05, 3.63) is 52.5 Å². The van der Waals surface area contributed by atoms with E-state index >= 15 is 0 Å². The molecule has 3 rings (SSSR count). The molecule has 0 radical (unpaired) electrons. The number of halogens is 1. The Kier molecular flexibility index (Phi) is 4.96. The third-order valence-corrected chi connectivity index (χ3v) is 7.59. The summed E-state index contributed by atoms with van der Waals surface area (Å²) in [6.07, 6.45) is 0. The Morgan fingerprint density at radius 3 is 2.58 bits per heavy atom. The van der Waals surface area contributed by atoms with Gasteiger partial charge in [0.05, 0.1) is 21.3 Å². The molecule has 0 saturated heterocycles. The Hall–Kier alpha value is -1.41. The highest BCUT2D eigenvalue weighted by Gasteiger charge is 2.19. The maximum Gasteiger partial charge on any atom is 0.271 e. The topological polar surface area (TPSA) is 59.1 Å². The second-order valence-corrected chi connectivity index (χ2v) is 9.69. The average molecular weight is 399 g/mol. The van der Waals surface area contributed by atoms with Crippen LogP contribution in [0.25, 0.3) is 9.88 Å². The van der Waals surface area contributed by atoms with E-state index in [4.69, 9.17) is 11.6 Å². The molecule has 1 aromatic carbocycles. The molecular formula is C16H15ClN2O2S3. The van der Waals surface area contributed by atoms with E-state index in [1.54, 1.807) is 36.4 Å². The van der Waals surface area contributed by atoms with E-state index in [1.165, 1.54) is 22.7 Å². The van der Waals surface area contributed by atoms with Gasteiger partial charge in [0.15, 0.2) is 0 Å². The molecule has 0 saturated carbocycles. The first-order chi connectivity index (χ1) is 11.4. The fourth-order valence-corrected chi connectivity index (χ4v) is 5.66. The standard InChI is InChI=1S/C16H15ClN2O2S3/c1-10(2)13-9-22-16(18-13)14-7-8-15(23-14)24(20,21)19-12-6-4-3-5-11(12)17/h3-10,19H,1-2H3. The van der Waals surface area contributed by atoms with Crippen molar-refractivity contribution in [1.29, 1.82) is 0 Å². The van der Waals surface area contributed by atoms with Gasteiger partial charge in [-0.1, -0.05) is 37.6 Å². The Labute approximate surface area is 154 Å². The SMILES string of the molecule is CC(C)c1csc(-c2ccc(S(=O)(=O)Nc3ccccc3Cl)s2)n1. The number of thiazole rings is 1. The number of aromatic nitrogens is 1. The Balaban J connectivity index is 1.87. The normalized spacial score (nSPS) is 11.8. The Bertz CT molecular complexity index is 961. The predicted molar refractivity (Wildman–Crippen MR) is 102 cm³/mol. The van der Waals surface area contributed by atoms with Crippen LogP contribution in [0.2, 0.25) is 5.02 Å². The van der Waals surface area contributed by atoms with Crippen molar-refractivity contribution in [2.75, 3.05) is 4.72 Å². The Morgan fingerprint density at radius 1 is 1.17 bits per heavy atom. The molecule has 2 heterocycles. The molecule has 0 bridgehead atoms. The lowest BCUT2D eigenvalue weighted by Crippen LogP contribution is -2.11. The molecule has 24 heavy (non-hydrogen) atoms. The van der Waals surface area contributed by atoms with Gasteiger partial charge >= 0.3 is 0 Å². The van der Waals surface area contributed by atoms with E-state index in [1.807, 2.05) is 5.38 Å². The molecule has 2 aromatic heterocycles. The van der Waals surface area contributed by atoms with Crippen LogP contribution in [0.1, 0.15) is 25.5 Å². The van der Waals surface area contributed by atoms with Crippen LogP contribution in [0.5, 0.6) is 0 Å². The van der Waals surface area contributed by atoms with Crippen LogP contribution in [-0.2, 0) is 10.0 Å². The number of sulfonamides is 1. The molecule has 1 N–H and O–H groups in total. The minimum atomic E-state index is -3.67. The van der Waals surface area contributed by atoms with Gasteiger partial charge in [0.25, 0.3) is 10.0 Å². The predicted octanol–water partition coefficient (Wildman–Crippen LogP) is 5.45. The number of rotatable bonds is 5. The number of nitrogens with one attached hydrogen (secondary N) is 1. The number of hydrogen-bond acceptors (Lipinski definition) is 5. The lowest BCUT2D eigenvalue weighted by atomic mass is 10.2. The molecule has 0 unspecified atom stereocenters. The molecule has 0 amide bonds. The molecule has 3 aromatic rings. The van der Waals surface area contributed by atoms with Gasteiger partial charge in [-0.05, 0) is 30.2 Å². The molecule has 0 aliphatic heterocycles. The van der Waals surface area contributed by atoms with Crippen LogP contribution in [-0.4, -0.2) is 13.4 Å². The first-order valence-electron chi connectivity index (χ1n) is 7.20. The summed E-state index contributed by atoms with van der Waals surface area (Å²) in [5.74, 6) is 0.347. The third kappa shape index (κ3) is 3.64. The molecule has 0 fully saturated rings. The van der Waals surface area contributed by atoms with Gasteiger partial charge in [-0.25, -0.2) is 13.4 Å². The van der Waals surface area contributed by atoms with E-state index < -0.39 is 10.0 Å². The molecule has 0 spiro atoms. The van der Waals surface area contributed by atoms with Crippen molar-refractivity contribution in [3.8, 4) is 9.88 Å². The van der Waals surface area contributed by atoms with Crippen molar-refractivity contribution in [3.63, 3.8) is 0 Å². The fourth-order valence-electron chi connectivity index (χ4n) is 1.98. The van der Waals surface area contributed by atoms with Gasteiger partial charge in [0, 0.05) is 5.38 Å². The first kappa shape index (κ1) is 17.4. The minimum Gasteiger partial charge on any atom is -0.277 e. The van der Waals surface area contributed by atoms with Crippen LogP contribution in [0.15, 0.2) is 46.0 Å². The summed E-state index contributed by atoms with van der Waals surface area (Å²) in [5, 5.41) is 3.21. The molecule has 0 aliphatic carbocycles. The zero-order valence-corrected chi connectivity index (χ0v) is 16.2. The van der Waals surface area contributed by atoms with E-state index in [0.717, 1.165) is 15.6 Å². The van der Waals surface area contributed by atoms with Crippen LogP contribution in [0.4, 0.5) is 5.69 Å². The largest absolute Gasteiger partial charge is 0.277 e. The molecule has 126 valence electrons. The third-order valence-electron chi connectivity index (χ3n) is 3.29. The van der Waals surface area contributed by atoms with E-state index in [-0.39, 0.29) is 4.21 Å². The Morgan fingerprint density at radius 2 is 1.92 bits per heavy atom. The quantitative estimate of drug-likeness (QED) is 0.621.